The van der Waals surface area contributed by atoms with Gasteiger partial charge in [0.1, 0.15) is 5.69 Å². The van der Waals surface area contributed by atoms with E-state index in [-0.39, 0.29) is 11.6 Å². The van der Waals surface area contributed by atoms with Crippen molar-refractivity contribution in [3.63, 3.8) is 0 Å². The first-order valence-corrected chi connectivity index (χ1v) is 3.92. The van der Waals surface area contributed by atoms with Crippen molar-refractivity contribution >= 4 is 11.7 Å². The maximum atomic E-state index is 12.2. The summed E-state index contributed by atoms with van der Waals surface area (Å²) in [6.45, 7) is 5.17. The topological polar surface area (TPSA) is 38.1 Å². The third-order valence-corrected chi connectivity index (χ3v) is 1.46. The highest BCUT2D eigenvalue weighted by atomic mass is 19.3. The van der Waals surface area contributed by atoms with Gasteiger partial charge < -0.3 is 0 Å². The van der Waals surface area contributed by atoms with Crippen molar-refractivity contribution in [2.24, 2.45) is 4.99 Å². The van der Waals surface area contributed by atoms with Crippen LogP contribution in [0.5, 0.6) is 0 Å². The third kappa shape index (κ3) is 2.69. The minimum absolute atomic E-state index is 0.0280. The molecule has 0 saturated carbocycles. The summed E-state index contributed by atoms with van der Waals surface area (Å²) >= 11 is 0. The predicted molar refractivity (Wildman–Crippen MR) is 50.0 cm³/mol. The van der Waals surface area contributed by atoms with E-state index in [1.807, 2.05) is 0 Å². The van der Waals surface area contributed by atoms with E-state index >= 15 is 0 Å². The first kappa shape index (κ1) is 10.4. The molecule has 0 aromatic carbocycles. The van der Waals surface area contributed by atoms with Crippen LogP contribution in [0.1, 0.15) is 19.0 Å². The van der Waals surface area contributed by atoms with E-state index in [4.69, 9.17) is 0 Å². The smallest absolute Gasteiger partial charge is 0.220 e. The van der Waals surface area contributed by atoms with Crippen LogP contribution in [0.4, 0.5) is 14.7 Å². The molecule has 0 spiro atoms. The van der Waals surface area contributed by atoms with E-state index in [1.54, 1.807) is 6.92 Å². The molecular formula is C9H9F2N3. The van der Waals surface area contributed by atoms with Crippen LogP contribution >= 0.6 is 0 Å². The maximum Gasteiger partial charge on any atom is 0.280 e. The summed E-state index contributed by atoms with van der Waals surface area (Å²) in [4.78, 5) is 11.2. The molecule has 0 saturated heterocycles. The molecule has 74 valence electrons. The second kappa shape index (κ2) is 4.55. The molecule has 1 rings (SSSR count). The monoisotopic (exact) mass is 197 g/mol. The van der Waals surface area contributed by atoms with Gasteiger partial charge in [0.25, 0.3) is 6.43 Å². The summed E-state index contributed by atoms with van der Waals surface area (Å²) in [5.41, 5.74) is 0.257. The molecule has 0 unspecified atom stereocenters. The first-order chi connectivity index (χ1) is 6.63. The minimum Gasteiger partial charge on any atom is -0.220 e. The third-order valence-electron chi connectivity index (χ3n) is 1.46. The van der Waals surface area contributed by atoms with E-state index in [0.717, 1.165) is 6.07 Å². The Hall–Kier alpha value is -1.65. The van der Waals surface area contributed by atoms with Gasteiger partial charge in [0.2, 0.25) is 5.95 Å². The van der Waals surface area contributed by atoms with Crippen LogP contribution in [0.25, 0.3) is 0 Å². The molecule has 0 bridgehead atoms. The van der Waals surface area contributed by atoms with Crippen molar-refractivity contribution in [1.82, 2.24) is 9.97 Å². The number of hydrogen-bond acceptors (Lipinski definition) is 3. The SMILES string of the molecule is C=CC(C)=Nc1nccc(C(F)F)n1. The van der Waals surface area contributed by atoms with Crippen LogP contribution in [0, 0.1) is 0 Å². The van der Waals surface area contributed by atoms with Gasteiger partial charge in [-0.2, -0.15) is 0 Å². The number of aromatic nitrogens is 2. The van der Waals surface area contributed by atoms with Crippen molar-refractivity contribution in [3.8, 4) is 0 Å². The molecule has 0 aliphatic heterocycles. The largest absolute Gasteiger partial charge is 0.280 e. The van der Waals surface area contributed by atoms with E-state index < -0.39 is 6.43 Å². The highest BCUT2D eigenvalue weighted by molar-refractivity contribution is 5.93. The zero-order valence-corrected chi connectivity index (χ0v) is 7.61. The first-order valence-electron chi connectivity index (χ1n) is 3.92. The maximum absolute atomic E-state index is 12.2. The molecule has 0 atom stereocenters. The summed E-state index contributed by atoms with van der Waals surface area (Å²) in [7, 11) is 0. The molecule has 1 heterocycles. The van der Waals surface area contributed by atoms with E-state index in [0.29, 0.717) is 5.71 Å². The Balaban J connectivity index is 3.00. The highest BCUT2D eigenvalue weighted by Crippen LogP contribution is 2.17. The highest BCUT2D eigenvalue weighted by Gasteiger charge is 2.08. The van der Waals surface area contributed by atoms with Gasteiger partial charge in [-0.3, -0.25) is 0 Å². The van der Waals surface area contributed by atoms with Gasteiger partial charge in [-0.25, -0.2) is 23.7 Å². The van der Waals surface area contributed by atoms with Gasteiger partial charge in [-0.1, -0.05) is 6.58 Å². The van der Waals surface area contributed by atoms with Crippen molar-refractivity contribution in [3.05, 3.63) is 30.6 Å². The van der Waals surface area contributed by atoms with Crippen molar-refractivity contribution in [2.45, 2.75) is 13.3 Å². The molecule has 0 N–H and O–H groups in total. The minimum atomic E-state index is -2.60. The number of allylic oxidation sites excluding steroid dienone is 1. The van der Waals surface area contributed by atoms with Crippen LogP contribution in [0.3, 0.4) is 0 Å². The van der Waals surface area contributed by atoms with Gasteiger partial charge in [-0.05, 0) is 19.1 Å². The zero-order valence-electron chi connectivity index (χ0n) is 7.61. The van der Waals surface area contributed by atoms with Gasteiger partial charge in [-0.15, -0.1) is 0 Å². The standard InChI is InChI=1S/C9H9F2N3/c1-3-6(2)13-9-12-5-4-7(14-9)8(10)11/h3-5,8H,1H2,2H3. The fraction of sp³-hybridized carbons (Fsp3) is 0.222. The molecule has 14 heavy (non-hydrogen) atoms. The number of aliphatic imine (C=N–C) groups is 1. The van der Waals surface area contributed by atoms with E-state index in [2.05, 4.69) is 21.5 Å². The molecule has 0 fully saturated rings. The molecule has 0 radical (unpaired) electrons. The lowest BCUT2D eigenvalue weighted by molar-refractivity contribution is 0.146. The molecule has 5 heteroatoms. The number of rotatable bonds is 3. The van der Waals surface area contributed by atoms with Crippen molar-refractivity contribution in [1.29, 1.82) is 0 Å². The second-order valence-corrected chi connectivity index (χ2v) is 2.54. The lowest BCUT2D eigenvalue weighted by Crippen LogP contribution is -1.92. The number of hydrogen-bond donors (Lipinski definition) is 0. The Labute approximate surface area is 80.2 Å². The summed E-state index contributed by atoms with van der Waals surface area (Å²) in [5.74, 6) is 0.0280. The molecule has 0 aliphatic carbocycles. The van der Waals surface area contributed by atoms with Gasteiger partial charge in [0.15, 0.2) is 0 Å². The zero-order chi connectivity index (χ0) is 10.6. The van der Waals surface area contributed by atoms with E-state index in [1.165, 1.54) is 12.3 Å². The molecule has 1 aromatic rings. The molecule has 3 nitrogen and oxygen atoms in total. The molecule has 0 aliphatic rings. The summed E-state index contributed by atoms with van der Waals surface area (Å²) in [6, 6.07) is 1.16. The Bertz CT molecular complexity index is 361. The predicted octanol–water partition coefficient (Wildman–Crippen LogP) is 2.69. The molecule has 0 amide bonds. The average molecular weight is 197 g/mol. The van der Waals surface area contributed by atoms with Gasteiger partial charge in [0.05, 0.1) is 0 Å². The summed E-state index contributed by atoms with van der Waals surface area (Å²) in [5, 5.41) is 0. The van der Waals surface area contributed by atoms with Crippen molar-refractivity contribution in [2.75, 3.05) is 0 Å². The van der Waals surface area contributed by atoms with E-state index in [9.17, 15) is 8.78 Å². The van der Waals surface area contributed by atoms with Crippen LogP contribution in [0.15, 0.2) is 29.9 Å². The number of halogens is 2. The molecule has 1 aromatic heterocycles. The normalized spacial score (nSPS) is 11.9. The van der Waals surface area contributed by atoms with Crippen LogP contribution in [0.2, 0.25) is 0 Å². The summed E-state index contributed by atoms with van der Waals surface area (Å²) < 4.78 is 24.4. The van der Waals surface area contributed by atoms with Crippen LogP contribution < -0.4 is 0 Å². The Kier molecular flexibility index (Phi) is 3.39. The van der Waals surface area contributed by atoms with Gasteiger partial charge >= 0.3 is 0 Å². The quantitative estimate of drug-likeness (QED) is 0.698. The van der Waals surface area contributed by atoms with Crippen LogP contribution in [-0.4, -0.2) is 15.7 Å². The fourth-order valence-corrected chi connectivity index (χ4v) is 0.741. The lowest BCUT2D eigenvalue weighted by Gasteiger charge is -1.98. The fourth-order valence-electron chi connectivity index (χ4n) is 0.741. The Morgan fingerprint density at radius 1 is 1.64 bits per heavy atom. The molecular weight excluding hydrogens is 188 g/mol. The van der Waals surface area contributed by atoms with Crippen molar-refractivity contribution < 1.29 is 8.78 Å². The summed E-state index contributed by atoms with van der Waals surface area (Å²) in [6.07, 6.45) is 0.151. The lowest BCUT2D eigenvalue weighted by atomic mass is 10.4. The average Bonchev–Trinajstić information content (AvgIpc) is 2.18. The van der Waals surface area contributed by atoms with Crippen LogP contribution in [-0.2, 0) is 0 Å². The number of alkyl halides is 2. The Morgan fingerprint density at radius 3 is 2.93 bits per heavy atom. The Morgan fingerprint density at radius 2 is 2.36 bits per heavy atom. The van der Waals surface area contributed by atoms with Gasteiger partial charge in [0, 0.05) is 11.9 Å². The second-order valence-electron chi connectivity index (χ2n) is 2.54. The number of nitrogens with zero attached hydrogens (tertiary/aromatic N) is 3.